The number of nitrogens with one attached hydrogen (secondary N) is 1. The third-order valence-electron chi connectivity index (χ3n) is 2.32. The minimum absolute atomic E-state index is 0.145. The van der Waals surface area contributed by atoms with Crippen LogP contribution in [0.1, 0.15) is 0 Å². The molecule has 100 valence electrons. The SMILES string of the molecule is O=S(=O)(Nc1cccc(Cl)c1Cl)c1ccc(Br)cc1. The van der Waals surface area contributed by atoms with Crippen LogP contribution in [0.3, 0.4) is 0 Å². The Morgan fingerprint density at radius 1 is 1.00 bits per heavy atom. The number of sulfonamides is 1. The van der Waals surface area contributed by atoms with Crippen LogP contribution in [0.15, 0.2) is 51.8 Å². The van der Waals surface area contributed by atoms with Crippen molar-refractivity contribution in [3.8, 4) is 0 Å². The number of benzene rings is 2. The van der Waals surface area contributed by atoms with Gasteiger partial charge in [0, 0.05) is 4.47 Å². The molecule has 0 aromatic heterocycles. The molecule has 0 spiro atoms. The van der Waals surface area contributed by atoms with Gasteiger partial charge >= 0.3 is 0 Å². The number of halogens is 3. The fourth-order valence-electron chi connectivity index (χ4n) is 1.40. The van der Waals surface area contributed by atoms with E-state index in [2.05, 4.69) is 20.7 Å². The van der Waals surface area contributed by atoms with E-state index in [0.717, 1.165) is 4.47 Å². The van der Waals surface area contributed by atoms with Crippen molar-refractivity contribution in [3.63, 3.8) is 0 Å². The summed E-state index contributed by atoms with van der Waals surface area (Å²) < 4.78 is 27.5. The van der Waals surface area contributed by atoms with Crippen LogP contribution in [0.4, 0.5) is 5.69 Å². The zero-order valence-corrected chi connectivity index (χ0v) is 13.3. The van der Waals surface area contributed by atoms with E-state index >= 15 is 0 Å². The summed E-state index contributed by atoms with van der Waals surface area (Å²) >= 11 is 15.0. The van der Waals surface area contributed by atoms with Gasteiger partial charge in [0.1, 0.15) is 0 Å². The zero-order valence-electron chi connectivity index (χ0n) is 9.40. The molecule has 19 heavy (non-hydrogen) atoms. The molecule has 7 heteroatoms. The quantitative estimate of drug-likeness (QED) is 0.848. The average Bonchev–Trinajstić information content (AvgIpc) is 2.35. The van der Waals surface area contributed by atoms with Gasteiger partial charge in [0.05, 0.1) is 20.6 Å². The largest absolute Gasteiger partial charge is 0.278 e. The Morgan fingerprint density at radius 2 is 1.63 bits per heavy atom. The fraction of sp³-hybridized carbons (Fsp3) is 0. The highest BCUT2D eigenvalue weighted by atomic mass is 79.9. The van der Waals surface area contributed by atoms with E-state index in [1.54, 1.807) is 30.3 Å². The second-order valence-electron chi connectivity index (χ2n) is 3.66. The van der Waals surface area contributed by atoms with Gasteiger partial charge in [-0.2, -0.15) is 0 Å². The van der Waals surface area contributed by atoms with Crippen LogP contribution in [0, 0.1) is 0 Å². The van der Waals surface area contributed by atoms with E-state index in [4.69, 9.17) is 23.2 Å². The Kier molecular flexibility index (Phi) is 4.40. The first kappa shape index (κ1) is 14.7. The molecule has 0 heterocycles. The van der Waals surface area contributed by atoms with Gasteiger partial charge in [-0.1, -0.05) is 45.2 Å². The molecular weight excluding hydrogens is 373 g/mol. The monoisotopic (exact) mass is 379 g/mol. The summed E-state index contributed by atoms with van der Waals surface area (Å²) in [4.78, 5) is 0.145. The Balaban J connectivity index is 2.36. The van der Waals surface area contributed by atoms with Gasteiger partial charge in [0.25, 0.3) is 10.0 Å². The van der Waals surface area contributed by atoms with Crippen molar-refractivity contribution in [3.05, 3.63) is 57.0 Å². The molecule has 2 aromatic rings. The first-order chi connectivity index (χ1) is 8.90. The first-order valence-electron chi connectivity index (χ1n) is 5.12. The van der Waals surface area contributed by atoms with Gasteiger partial charge in [-0.05, 0) is 36.4 Å². The van der Waals surface area contributed by atoms with E-state index in [1.807, 2.05) is 0 Å². The lowest BCUT2D eigenvalue weighted by Gasteiger charge is -2.10. The van der Waals surface area contributed by atoms with Gasteiger partial charge < -0.3 is 0 Å². The van der Waals surface area contributed by atoms with Gasteiger partial charge in [-0.25, -0.2) is 8.42 Å². The van der Waals surface area contributed by atoms with Crippen molar-refractivity contribution >= 4 is 54.8 Å². The summed E-state index contributed by atoms with van der Waals surface area (Å²) in [6.07, 6.45) is 0. The first-order valence-corrected chi connectivity index (χ1v) is 8.16. The Morgan fingerprint density at radius 3 is 2.26 bits per heavy atom. The Hall–Kier alpha value is -0.750. The molecule has 0 atom stereocenters. The summed E-state index contributed by atoms with van der Waals surface area (Å²) in [6, 6.07) is 11.0. The minimum atomic E-state index is -3.68. The van der Waals surface area contributed by atoms with E-state index < -0.39 is 10.0 Å². The lowest BCUT2D eigenvalue weighted by atomic mass is 10.3. The average molecular weight is 381 g/mol. The molecular formula is C12H8BrCl2NO2S. The molecule has 2 rings (SSSR count). The normalized spacial score (nSPS) is 11.3. The zero-order chi connectivity index (χ0) is 14.0. The minimum Gasteiger partial charge on any atom is -0.278 e. The highest BCUT2D eigenvalue weighted by Crippen LogP contribution is 2.31. The summed E-state index contributed by atoms with van der Waals surface area (Å²) in [5.74, 6) is 0. The lowest BCUT2D eigenvalue weighted by molar-refractivity contribution is 0.601. The summed E-state index contributed by atoms with van der Waals surface area (Å²) in [7, 11) is -3.68. The Labute approximate surface area is 129 Å². The number of hydrogen-bond acceptors (Lipinski definition) is 2. The number of rotatable bonds is 3. The molecule has 2 aromatic carbocycles. The predicted octanol–water partition coefficient (Wildman–Crippen LogP) is 4.56. The molecule has 0 aliphatic carbocycles. The molecule has 1 N–H and O–H groups in total. The van der Waals surface area contributed by atoms with Gasteiger partial charge in [-0.3, -0.25) is 4.72 Å². The molecule has 0 saturated heterocycles. The molecule has 0 amide bonds. The van der Waals surface area contributed by atoms with Crippen LogP contribution in [0.25, 0.3) is 0 Å². The van der Waals surface area contributed by atoms with Gasteiger partial charge in [-0.15, -0.1) is 0 Å². The third kappa shape index (κ3) is 3.42. The molecule has 0 saturated carbocycles. The standard InChI is InChI=1S/C12H8BrCl2NO2S/c13-8-4-6-9(7-5-8)19(17,18)16-11-3-1-2-10(14)12(11)15/h1-7,16H. The summed E-state index contributed by atoms with van der Waals surface area (Å²) in [6.45, 7) is 0. The maximum atomic E-state index is 12.1. The second kappa shape index (κ2) is 5.71. The predicted molar refractivity (Wildman–Crippen MR) is 81.4 cm³/mol. The van der Waals surface area contributed by atoms with E-state index in [-0.39, 0.29) is 20.6 Å². The van der Waals surface area contributed by atoms with Crippen LogP contribution < -0.4 is 4.72 Å². The van der Waals surface area contributed by atoms with Crippen LogP contribution in [-0.4, -0.2) is 8.42 Å². The van der Waals surface area contributed by atoms with Crippen molar-refractivity contribution in [2.24, 2.45) is 0 Å². The summed E-state index contributed by atoms with van der Waals surface area (Å²) in [5.41, 5.74) is 0.247. The molecule has 0 aliphatic rings. The van der Waals surface area contributed by atoms with Crippen molar-refractivity contribution < 1.29 is 8.42 Å². The Bertz CT molecular complexity index is 702. The molecule has 0 unspecified atom stereocenters. The van der Waals surface area contributed by atoms with Crippen LogP contribution in [0.2, 0.25) is 10.0 Å². The maximum Gasteiger partial charge on any atom is 0.261 e. The third-order valence-corrected chi connectivity index (χ3v) is 5.05. The van der Waals surface area contributed by atoms with Gasteiger partial charge in [0.2, 0.25) is 0 Å². The molecule has 0 aliphatic heterocycles. The van der Waals surface area contributed by atoms with Crippen LogP contribution in [0.5, 0.6) is 0 Å². The van der Waals surface area contributed by atoms with Crippen molar-refractivity contribution in [1.82, 2.24) is 0 Å². The van der Waals surface area contributed by atoms with Crippen LogP contribution >= 0.6 is 39.1 Å². The van der Waals surface area contributed by atoms with Crippen molar-refractivity contribution in [2.45, 2.75) is 4.90 Å². The highest BCUT2D eigenvalue weighted by molar-refractivity contribution is 9.10. The smallest absolute Gasteiger partial charge is 0.261 e. The van der Waals surface area contributed by atoms with Gasteiger partial charge in [0.15, 0.2) is 0 Å². The second-order valence-corrected chi connectivity index (χ2v) is 7.04. The van der Waals surface area contributed by atoms with E-state index in [1.165, 1.54) is 12.1 Å². The van der Waals surface area contributed by atoms with Crippen LogP contribution in [-0.2, 0) is 10.0 Å². The van der Waals surface area contributed by atoms with E-state index in [0.29, 0.717) is 0 Å². The van der Waals surface area contributed by atoms with Crippen molar-refractivity contribution in [2.75, 3.05) is 4.72 Å². The highest BCUT2D eigenvalue weighted by Gasteiger charge is 2.16. The fourth-order valence-corrected chi connectivity index (χ4v) is 3.14. The molecule has 0 radical (unpaired) electrons. The van der Waals surface area contributed by atoms with E-state index in [9.17, 15) is 8.42 Å². The topological polar surface area (TPSA) is 46.2 Å². The lowest BCUT2D eigenvalue weighted by Crippen LogP contribution is -2.13. The molecule has 0 bridgehead atoms. The molecule has 0 fully saturated rings. The van der Waals surface area contributed by atoms with Crippen molar-refractivity contribution in [1.29, 1.82) is 0 Å². The molecule has 3 nitrogen and oxygen atoms in total. The summed E-state index contributed by atoms with van der Waals surface area (Å²) in [5, 5.41) is 0.461. The number of anilines is 1. The number of hydrogen-bond donors (Lipinski definition) is 1. The maximum absolute atomic E-state index is 12.1.